The Labute approximate surface area is 103 Å². The van der Waals surface area contributed by atoms with Crippen LogP contribution >= 0.6 is 11.6 Å². The molecule has 1 heterocycles. The van der Waals surface area contributed by atoms with Gasteiger partial charge in [0.2, 0.25) is 0 Å². The lowest BCUT2D eigenvalue weighted by Crippen LogP contribution is -2.17. The third-order valence-electron chi connectivity index (χ3n) is 2.16. The molecule has 1 aromatic carbocycles. The number of halogens is 1. The van der Waals surface area contributed by atoms with Crippen LogP contribution < -0.4 is 5.49 Å². The van der Waals surface area contributed by atoms with Crippen molar-refractivity contribution in [1.82, 2.24) is 4.73 Å². The van der Waals surface area contributed by atoms with E-state index in [1.54, 1.807) is 36.4 Å². The Morgan fingerprint density at radius 2 is 1.94 bits per heavy atom. The average Bonchev–Trinajstić information content (AvgIpc) is 2.35. The van der Waals surface area contributed by atoms with Crippen LogP contribution in [0, 0.1) is 11.3 Å². The van der Waals surface area contributed by atoms with E-state index in [2.05, 4.69) is 4.99 Å². The van der Waals surface area contributed by atoms with E-state index in [0.717, 1.165) is 4.73 Å². The summed E-state index contributed by atoms with van der Waals surface area (Å²) in [4.78, 5) is 4.18. The van der Waals surface area contributed by atoms with Gasteiger partial charge in [0.25, 0.3) is 0 Å². The topological polar surface area (TPSA) is 61.3 Å². The number of aromatic nitrogens is 1. The summed E-state index contributed by atoms with van der Waals surface area (Å²) in [5.74, 6) is 0. The minimum Gasteiger partial charge on any atom is -0.426 e. The molecular weight excluding hydrogens is 238 g/mol. The molecule has 0 aliphatic heterocycles. The number of nitriles is 1. The molecule has 0 spiro atoms. The summed E-state index contributed by atoms with van der Waals surface area (Å²) in [6.45, 7) is 0. The second-order valence-electron chi connectivity index (χ2n) is 3.26. The molecule has 17 heavy (non-hydrogen) atoms. The highest BCUT2D eigenvalue weighted by Gasteiger charge is 2.00. The average molecular weight is 246 g/mol. The number of nitrogens with zero attached hydrogens (tertiary/aromatic N) is 3. The van der Waals surface area contributed by atoms with Crippen LogP contribution in [-0.4, -0.2) is 9.94 Å². The van der Waals surface area contributed by atoms with Crippen molar-refractivity contribution in [3.05, 3.63) is 58.7 Å². The fourth-order valence-corrected chi connectivity index (χ4v) is 1.50. The first-order valence-corrected chi connectivity index (χ1v) is 5.21. The standard InChI is InChI=1S/C12H8ClN3O/c13-11-6-3-7-12(16(11)17)15-10-5-2-1-4-9(10)8-14/h1-7,17H. The van der Waals surface area contributed by atoms with E-state index in [0.29, 0.717) is 11.3 Å². The summed E-state index contributed by atoms with van der Waals surface area (Å²) < 4.78 is 0.760. The lowest BCUT2D eigenvalue weighted by Gasteiger charge is -2.01. The Balaban J connectivity index is 2.64. The van der Waals surface area contributed by atoms with E-state index in [-0.39, 0.29) is 10.6 Å². The van der Waals surface area contributed by atoms with Crippen LogP contribution in [0.2, 0.25) is 5.15 Å². The number of rotatable bonds is 1. The Kier molecular flexibility index (Phi) is 3.12. The molecule has 0 unspecified atom stereocenters. The molecule has 0 amide bonds. The van der Waals surface area contributed by atoms with Gasteiger partial charge in [0.1, 0.15) is 11.2 Å². The molecule has 0 bridgehead atoms. The van der Waals surface area contributed by atoms with Crippen molar-refractivity contribution in [3.8, 4) is 6.07 Å². The molecular formula is C12H8ClN3O. The Morgan fingerprint density at radius 1 is 1.18 bits per heavy atom. The SMILES string of the molecule is N#Cc1ccccc1N=c1cccc(Cl)n1O. The van der Waals surface area contributed by atoms with Crippen molar-refractivity contribution in [2.45, 2.75) is 0 Å². The van der Waals surface area contributed by atoms with Crippen LogP contribution in [0.15, 0.2) is 47.5 Å². The Morgan fingerprint density at radius 3 is 2.71 bits per heavy atom. The van der Waals surface area contributed by atoms with Crippen LogP contribution in [0.1, 0.15) is 5.56 Å². The molecule has 0 saturated heterocycles. The molecule has 0 saturated carbocycles. The van der Waals surface area contributed by atoms with Crippen LogP contribution in [0.5, 0.6) is 0 Å². The predicted molar refractivity (Wildman–Crippen MR) is 63.0 cm³/mol. The van der Waals surface area contributed by atoms with Crippen molar-refractivity contribution >= 4 is 17.3 Å². The summed E-state index contributed by atoms with van der Waals surface area (Å²) in [7, 11) is 0. The third-order valence-corrected chi connectivity index (χ3v) is 2.44. The lowest BCUT2D eigenvalue weighted by atomic mass is 10.2. The van der Waals surface area contributed by atoms with Gasteiger partial charge in [0.05, 0.1) is 11.3 Å². The molecule has 0 fully saturated rings. The fourth-order valence-electron chi connectivity index (χ4n) is 1.34. The Bertz CT molecular complexity index is 655. The smallest absolute Gasteiger partial charge is 0.170 e. The van der Waals surface area contributed by atoms with Crippen molar-refractivity contribution in [2.24, 2.45) is 4.99 Å². The molecule has 0 atom stereocenters. The van der Waals surface area contributed by atoms with Gasteiger partial charge in [-0.2, -0.15) is 9.99 Å². The van der Waals surface area contributed by atoms with Crippen LogP contribution in [0.25, 0.3) is 0 Å². The lowest BCUT2D eigenvalue weighted by molar-refractivity contribution is 0.173. The summed E-state index contributed by atoms with van der Waals surface area (Å²) in [5.41, 5.74) is 1.19. The molecule has 0 aliphatic rings. The number of hydrogen-bond donors (Lipinski definition) is 1. The van der Waals surface area contributed by atoms with Gasteiger partial charge >= 0.3 is 0 Å². The van der Waals surface area contributed by atoms with Crippen molar-refractivity contribution in [3.63, 3.8) is 0 Å². The van der Waals surface area contributed by atoms with Gasteiger partial charge in [-0.15, -0.1) is 0 Å². The first kappa shape index (κ1) is 11.2. The minimum atomic E-state index is 0.153. The minimum absolute atomic E-state index is 0.153. The van der Waals surface area contributed by atoms with Gasteiger partial charge in [-0.3, -0.25) is 0 Å². The summed E-state index contributed by atoms with van der Waals surface area (Å²) in [6.07, 6.45) is 0. The molecule has 1 N–H and O–H groups in total. The van der Waals surface area contributed by atoms with Crippen molar-refractivity contribution in [2.75, 3.05) is 0 Å². The van der Waals surface area contributed by atoms with E-state index < -0.39 is 0 Å². The van der Waals surface area contributed by atoms with Crippen LogP contribution in [0.3, 0.4) is 0 Å². The quantitative estimate of drug-likeness (QED) is 0.620. The maximum atomic E-state index is 9.63. The normalized spacial score (nSPS) is 11.2. The van der Waals surface area contributed by atoms with E-state index in [1.807, 2.05) is 6.07 Å². The molecule has 0 aliphatic carbocycles. The van der Waals surface area contributed by atoms with Gasteiger partial charge in [0, 0.05) is 0 Å². The molecule has 5 heteroatoms. The van der Waals surface area contributed by atoms with Gasteiger partial charge in [-0.05, 0) is 24.3 Å². The molecule has 4 nitrogen and oxygen atoms in total. The highest BCUT2D eigenvalue weighted by atomic mass is 35.5. The van der Waals surface area contributed by atoms with E-state index >= 15 is 0 Å². The molecule has 1 aromatic heterocycles. The van der Waals surface area contributed by atoms with E-state index in [9.17, 15) is 5.21 Å². The maximum absolute atomic E-state index is 9.63. The Hall–Kier alpha value is -2.25. The number of benzene rings is 1. The maximum Gasteiger partial charge on any atom is 0.170 e. The van der Waals surface area contributed by atoms with Crippen LogP contribution in [-0.2, 0) is 0 Å². The molecule has 84 valence electrons. The zero-order chi connectivity index (χ0) is 12.3. The third kappa shape index (κ3) is 2.30. The largest absolute Gasteiger partial charge is 0.426 e. The second kappa shape index (κ2) is 4.73. The van der Waals surface area contributed by atoms with Gasteiger partial charge in [-0.1, -0.05) is 29.8 Å². The number of pyridine rings is 1. The predicted octanol–water partition coefficient (Wildman–Crippen LogP) is 2.48. The summed E-state index contributed by atoms with van der Waals surface area (Å²) >= 11 is 5.74. The zero-order valence-electron chi connectivity index (χ0n) is 8.71. The van der Waals surface area contributed by atoms with E-state index in [1.165, 1.54) is 6.07 Å². The van der Waals surface area contributed by atoms with Crippen molar-refractivity contribution in [1.29, 1.82) is 5.26 Å². The van der Waals surface area contributed by atoms with Crippen molar-refractivity contribution < 1.29 is 5.21 Å². The molecule has 2 rings (SSSR count). The molecule has 0 radical (unpaired) electrons. The highest BCUT2D eigenvalue weighted by molar-refractivity contribution is 6.29. The number of hydrogen-bond acceptors (Lipinski definition) is 3. The van der Waals surface area contributed by atoms with Crippen LogP contribution in [0.4, 0.5) is 5.69 Å². The monoisotopic (exact) mass is 245 g/mol. The zero-order valence-corrected chi connectivity index (χ0v) is 9.46. The van der Waals surface area contributed by atoms with E-state index in [4.69, 9.17) is 16.9 Å². The molecule has 2 aromatic rings. The van der Waals surface area contributed by atoms with Gasteiger partial charge in [-0.25, -0.2) is 4.99 Å². The summed E-state index contributed by atoms with van der Waals surface area (Å²) in [5, 5.41) is 18.7. The number of para-hydroxylation sites is 1. The van der Waals surface area contributed by atoms with Gasteiger partial charge in [0.15, 0.2) is 5.49 Å². The highest BCUT2D eigenvalue weighted by Crippen LogP contribution is 2.16. The first-order chi connectivity index (χ1) is 8.22. The summed E-state index contributed by atoms with van der Waals surface area (Å²) in [6, 6.07) is 13.7. The fraction of sp³-hybridized carbons (Fsp3) is 0. The second-order valence-corrected chi connectivity index (χ2v) is 3.65. The first-order valence-electron chi connectivity index (χ1n) is 4.83. The van der Waals surface area contributed by atoms with Gasteiger partial charge < -0.3 is 5.21 Å².